The van der Waals surface area contributed by atoms with E-state index in [4.69, 9.17) is 10.5 Å². The van der Waals surface area contributed by atoms with E-state index in [0.717, 1.165) is 5.69 Å². The summed E-state index contributed by atoms with van der Waals surface area (Å²) in [7, 11) is 0. The highest BCUT2D eigenvalue weighted by Gasteiger charge is 2.10. The number of nitrogens with two attached hydrogens (primary N) is 1. The molecular weight excluding hydrogens is 230 g/mol. The van der Waals surface area contributed by atoms with Gasteiger partial charge >= 0.3 is 0 Å². The molecule has 0 saturated carbocycles. The van der Waals surface area contributed by atoms with Crippen LogP contribution < -0.4 is 16.4 Å². The highest BCUT2D eigenvalue weighted by atomic mass is 16.5. The van der Waals surface area contributed by atoms with E-state index >= 15 is 0 Å². The minimum absolute atomic E-state index is 0.101. The zero-order valence-corrected chi connectivity index (χ0v) is 11.0. The molecule has 5 heteroatoms. The van der Waals surface area contributed by atoms with Gasteiger partial charge in [0.25, 0.3) is 5.91 Å². The van der Waals surface area contributed by atoms with E-state index in [-0.39, 0.29) is 5.91 Å². The molecule has 1 aromatic rings. The van der Waals surface area contributed by atoms with E-state index in [0.29, 0.717) is 37.6 Å². The lowest BCUT2D eigenvalue weighted by molar-refractivity contribution is 0.0956. The summed E-state index contributed by atoms with van der Waals surface area (Å²) in [6.07, 6.45) is 0. The van der Waals surface area contributed by atoms with Gasteiger partial charge in [-0.05, 0) is 32.0 Å². The standard InChI is InChI=1S/C13H21N3O2/c1-3-15-13(17)11-6-5-10(14)9-12(11)16-7-8-18-4-2/h5-6,9,16H,3-4,7-8,14H2,1-2H3,(H,15,17). The summed E-state index contributed by atoms with van der Waals surface area (Å²) >= 11 is 0. The van der Waals surface area contributed by atoms with E-state index < -0.39 is 0 Å². The van der Waals surface area contributed by atoms with E-state index in [2.05, 4.69) is 10.6 Å². The Kier molecular flexibility index (Phi) is 6.00. The van der Waals surface area contributed by atoms with Crippen molar-refractivity contribution >= 4 is 17.3 Å². The van der Waals surface area contributed by atoms with E-state index in [1.807, 2.05) is 13.8 Å². The van der Waals surface area contributed by atoms with Crippen LogP contribution >= 0.6 is 0 Å². The lowest BCUT2D eigenvalue weighted by Gasteiger charge is -2.12. The van der Waals surface area contributed by atoms with E-state index in [1.165, 1.54) is 0 Å². The molecule has 18 heavy (non-hydrogen) atoms. The van der Waals surface area contributed by atoms with Gasteiger partial charge in [0, 0.05) is 31.1 Å². The van der Waals surface area contributed by atoms with Gasteiger partial charge in [0.1, 0.15) is 0 Å². The molecule has 0 fully saturated rings. The Morgan fingerprint density at radius 2 is 2.17 bits per heavy atom. The van der Waals surface area contributed by atoms with Crippen molar-refractivity contribution in [1.82, 2.24) is 5.32 Å². The fourth-order valence-corrected chi connectivity index (χ4v) is 1.56. The number of amides is 1. The molecule has 0 aromatic heterocycles. The summed E-state index contributed by atoms with van der Waals surface area (Å²) in [4.78, 5) is 11.8. The average Bonchev–Trinajstić information content (AvgIpc) is 2.35. The fourth-order valence-electron chi connectivity index (χ4n) is 1.56. The Hall–Kier alpha value is -1.75. The molecule has 0 aliphatic heterocycles. The molecule has 0 aliphatic carbocycles. The molecule has 1 aromatic carbocycles. The summed E-state index contributed by atoms with van der Waals surface area (Å²) < 4.78 is 5.24. The summed E-state index contributed by atoms with van der Waals surface area (Å²) in [5, 5.41) is 5.93. The molecule has 0 aliphatic rings. The molecule has 0 spiro atoms. The third-order valence-electron chi connectivity index (χ3n) is 2.39. The van der Waals surface area contributed by atoms with Gasteiger partial charge in [-0.25, -0.2) is 0 Å². The first-order chi connectivity index (χ1) is 8.69. The average molecular weight is 251 g/mol. The lowest BCUT2D eigenvalue weighted by atomic mass is 10.1. The predicted octanol–water partition coefficient (Wildman–Crippen LogP) is 1.47. The van der Waals surface area contributed by atoms with E-state index in [1.54, 1.807) is 18.2 Å². The van der Waals surface area contributed by atoms with Crippen LogP contribution in [-0.4, -0.2) is 32.2 Å². The molecule has 1 rings (SSSR count). The molecule has 100 valence electrons. The van der Waals surface area contributed by atoms with Crippen molar-refractivity contribution in [3.05, 3.63) is 23.8 Å². The third kappa shape index (κ3) is 4.25. The summed E-state index contributed by atoms with van der Waals surface area (Å²) in [6.45, 7) is 6.35. The molecule has 0 atom stereocenters. The third-order valence-corrected chi connectivity index (χ3v) is 2.39. The van der Waals surface area contributed by atoms with Crippen LogP contribution in [0.25, 0.3) is 0 Å². The van der Waals surface area contributed by atoms with Gasteiger partial charge in [-0.3, -0.25) is 4.79 Å². The molecule has 0 saturated heterocycles. The monoisotopic (exact) mass is 251 g/mol. The smallest absolute Gasteiger partial charge is 0.253 e. The van der Waals surface area contributed by atoms with Crippen LogP contribution in [0.4, 0.5) is 11.4 Å². The predicted molar refractivity (Wildman–Crippen MR) is 73.8 cm³/mol. The maximum Gasteiger partial charge on any atom is 0.253 e. The SMILES string of the molecule is CCNC(=O)c1ccc(N)cc1NCCOCC. The minimum Gasteiger partial charge on any atom is -0.399 e. The van der Waals surface area contributed by atoms with Crippen LogP contribution in [0.15, 0.2) is 18.2 Å². The Bertz CT molecular complexity index is 394. The Balaban J connectivity index is 2.73. The first-order valence-electron chi connectivity index (χ1n) is 6.18. The van der Waals surface area contributed by atoms with Crippen LogP contribution in [0.2, 0.25) is 0 Å². The van der Waals surface area contributed by atoms with Gasteiger partial charge in [-0.15, -0.1) is 0 Å². The van der Waals surface area contributed by atoms with Crippen molar-refractivity contribution in [2.24, 2.45) is 0 Å². The van der Waals surface area contributed by atoms with Crippen molar-refractivity contribution in [2.45, 2.75) is 13.8 Å². The lowest BCUT2D eigenvalue weighted by Crippen LogP contribution is -2.24. The van der Waals surface area contributed by atoms with Gasteiger partial charge in [0.2, 0.25) is 0 Å². The highest BCUT2D eigenvalue weighted by Crippen LogP contribution is 2.19. The quantitative estimate of drug-likeness (QED) is 0.506. The second-order valence-corrected chi connectivity index (χ2v) is 3.79. The van der Waals surface area contributed by atoms with Crippen molar-refractivity contribution in [3.63, 3.8) is 0 Å². The molecule has 0 unspecified atom stereocenters. The fraction of sp³-hybridized carbons (Fsp3) is 0.462. The van der Waals surface area contributed by atoms with Crippen LogP contribution in [-0.2, 0) is 4.74 Å². The molecule has 5 nitrogen and oxygen atoms in total. The number of hydrogen-bond donors (Lipinski definition) is 3. The number of nitrogen functional groups attached to an aromatic ring is 1. The van der Waals surface area contributed by atoms with Gasteiger partial charge in [-0.2, -0.15) is 0 Å². The molecule has 0 heterocycles. The van der Waals surface area contributed by atoms with Crippen LogP contribution in [0.5, 0.6) is 0 Å². The van der Waals surface area contributed by atoms with Crippen molar-refractivity contribution in [2.75, 3.05) is 37.4 Å². The number of rotatable bonds is 7. The van der Waals surface area contributed by atoms with Crippen LogP contribution in [0.1, 0.15) is 24.2 Å². The van der Waals surface area contributed by atoms with Crippen LogP contribution in [0, 0.1) is 0 Å². The normalized spacial score (nSPS) is 10.1. The maximum atomic E-state index is 11.8. The molecule has 0 radical (unpaired) electrons. The molecule has 1 amide bonds. The summed E-state index contributed by atoms with van der Waals surface area (Å²) in [5.41, 5.74) is 7.69. The number of ether oxygens (including phenoxy) is 1. The van der Waals surface area contributed by atoms with Gasteiger partial charge in [-0.1, -0.05) is 0 Å². The summed E-state index contributed by atoms with van der Waals surface area (Å²) in [5.74, 6) is -0.101. The number of benzene rings is 1. The Labute approximate surface area is 108 Å². The number of hydrogen-bond acceptors (Lipinski definition) is 4. The van der Waals surface area contributed by atoms with Crippen molar-refractivity contribution in [1.29, 1.82) is 0 Å². The largest absolute Gasteiger partial charge is 0.399 e. The first-order valence-corrected chi connectivity index (χ1v) is 6.18. The number of anilines is 2. The second kappa shape index (κ2) is 7.55. The number of carbonyl (C=O) groups is 1. The summed E-state index contributed by atoms with van der Waals surface area (Å²) in [6, 6.07) is 5.21. The first kappa shape index (κ1) is 14.3. The van der Waals surface area contributed by atoms with Gasteiger partial charge in [0.15, 0.2) is 0 Å². The highest BCUT2D eigenvalue weighted by molar-refractivity contribution is 6.00. The molecule has 4 N–H and O–H groups in total. The molecule has 0 bridgehead atoms. The van der Waals surface area contributed by atoms with Gasteiger partial charge < -0.3 is 21.1 Å². The van der Waals surface area contributed by atoms with Crippen LogP contribution in [0.3, 0.4) is 0 Å². The number of nitrogens with one attached hydrogen (secondary N) is 2. The Morgan fingerprint density at radius 1 is 1.39 bits per heavy atom. The van der Waals surface area contributed by atoms with E-state index in [9.17, 15) is 4.79 Å². The number of carbonyl (C=O) groups excluding carboxylic acids is 1. The molecular formula is C13H21N3O2. The van der Waals surface area contributed by atoms with Gasteiger partial charge in [0.05, 0.1) is 12.2 Å². The Morgan fingerprint density at radius 3 is 2.83 bits per heavy atom. The zero-order chi connectivity index (χ0) is 13.4. The maximum absolute atomic E-state index is 11.8. The zero-order valence-electron chi connectivity index (χ0n) is 11.0. The van der Waals surface area contributed by atoms with Crippen molar-refractivity contribution in [3.8, 4) is 0 Å². The second-order valence-electron chi connectivity index (χ2n) is 3.79. The topological polar surface area (TPSA) is 76.4 Å². The van der Waals surface area contributed by atoms with Crippen molar-refractivity contribution < 1.29 is 9.53 Å². The minimum atomic E-state index is -0.101.